The van der Waals surface area contributed by atoms with Gasteiger partial charge < -0.3 is 20.7 Å². The molecule has 0 saturated carbocycles. The lowest BCUT2D eigenvalue weighted by molar-refractivity contribution is 0.167. The Hall–Kier alpha value is -1.75. The van der Waals surface area contributed by atoms with E-state index in [0.717, 1.165) is 24.4 Å². The Bertz CT molecular complexity index is 391. The highest BCUT2D eigenvalue weighted by atomic mass is 16.5. The van der Waals surface area contributed by atoms with E-state index in [1.165, 1.54) is 0 Å². The summed E-state index contributed by atoms with van der Waals surface area (Å²) >= 11 is 0. The number of rotatable bonds is 2. The highest BCUT2D eigenvalue weighted by Crippen LogP contribution is 2.23. The average molecular weight is 235 g/mol. The van der Waals surface area contributed by atoms with Gasteiger partial charge in [-0.1, -0.05) is 12.1 Å². The number of nitrogens with two attached hydrogens (primary N) is 1. The standard InChI is InChI=1S/C12H17N3O2/c1-17-10-4-2-9(3-5-10)11-8-14-6-7-15(11)12(13)16/h2-5,11,14H,6-8H2,1H3,(H2,13,16). The molecule has 1 aromatic rings. The first-order valence-corrected chi connectivity index (χ1v) is 5.63. The third-order valence-electron chi connectivity index (χ3n) is 3.03. The maximum Gasteiger partial charge on any atom is 0.315 e. The summed E-state index contributed by atoms with van der Waals surface area (Å²) in [4.78, 5) is 13.0. The maximum atomic E-state index is 11.4. The second kappa shape index (κ2) is 5.05. The van der Waals surface area contributed by atoms with E-state index in [-0.39, 0.29) is 12.1 Å². The van der Waals surface area contributed by atoms with Crippen LogP contribution < -0.4 is 15.8 Å². The SMILES string of the molecule is COc1ccc(C2CNCCN2C(N)=O)cc1. The molecule has 2 amide bonds. The van der Waals surface area contributed by atoms with Gasteiger partial charge >= 0.3 is 6.03 Å². The zero-order valence-electron chi connectivity index (χ0n) is 9.85. The van der Waals surface area contributed by atoms with Crippen molar-refractivity contribution >= 4 is 6.03 Å². The quantitative estimate of drug-likeness (QED) is 0.793. The largest absolute Gasteiger partial charge is 0.497 e. The van der Waals surface area contributed by atoms with Crippen molar-refractivity contribution < 1.29 is 9.53 Å². The van der Waals surface area contributed by atoms with E-state index in [1.807, 2.05) is 24.3 Å². The summed E-state index contributed by atoms with van der Waals surface area (Å²) in [5.41, 5.74) is 6.45. The average Bonchev–Trinajstić information content (AvgIpc) is 2.39. The topological polar surface area (TPSA) is 67.6 Å². The van der Waals surface area contributed by atoms with Crippen LogP contribution in [0.3, 0.4) is 0 Å². The predicted molar refractivity (Wildman–Crippen MR) is 64.9 cm³/mol. The number of primary amides is 1. The Labute approximate surface area is 101 Å². The van der Waals surface area contributed by atoms with Gasteiger partial charge in [0.1, 0.15) is 5.75 Å². The van der Waals surface area contributed by atoms with Gasteiger partial charge in [0.2, 0.25) is 0 Å². The summed E-state index contributed by atoms with van der Waals surface area (Å²) in [5, 5.41) is 3.27. The third-order valence-corrected chi connectivity index (χ3v) is 3.03. The van der Waals surface area contributed by atoms with E-state index in [9.17, 15) is 4.79 Å². The number of urea groups is 1. The highest BCUT2D eigenvalue weighted by molar-refractivity contribution is 5.72. The first kappa shape index (κ1) is 11.7. The number of nitrogens with zero attached hydrogens (tertiary/aromatic N) is 1. The number of carbonyl (C=O) groups is 1. The third kappa shape index (κ3) is 2.50. The molecular formula is C12H17N3O2. The van der Waals surface area contributed by atoms with Gasteiger partial charge in [0.15, 0.2) is 0 Å². The van der Waals surface area contributed by atoms with Crippen molar-refractivity contribution in [1.29, 1.82) is 0 Å². The summed E-state index contributed by atoms with van der Waals surface area (Å²) in [6, 6.07) is 7.35. The predicted octanol–water partition coefficient (Wildman–Crippen LogP) is 0.720. The van der Waals surface area contributed by atoms with Crippen LogP contribution in [0.5, 0.6) is 5.75 Å². The molecule has 1 heterocycles. The number of hydrogen-bond acceptors (Lipinski definition) is 3. The molecule has 1 atom stereocenters. The van der Waals surface area contributed by atoms with Gasteiger partial charge in [-0.05, 0) is 17.7 Å². The first-order chi connectivity index (χ1) is 8.22. The molecule has 1 fully saturated rings. The van der Waals surface area contributed by atoms with E-state index in [2.05, 4.69) is 5.32 Å². The van der Waals surface area contributed by atoms with Gasteiger partial charge in [-0.2, -0.15) is 0 Å². The molecule has 5 heteroatoms. The fourth-order valence-electron chi connectivity index (χ4n) is 2.09. The lowest BCUT2D eigenvalue weighted by Gasteiger charge is -2.35. The molecule has 5 nitrogen and oxygen atoms in total. The molecule has 0 bridgehead atoms. The molecule has 3 N–H and O–H groups in total. The Morgan fingerprint density at radius 1 is 1.47 bits per heavy atom. The van der Waals surface area contributed by atoms with E-state index in [1.54, 1.807) is 12.0 Å². The molecule has 1 aliphatic heterocycles. The summed E-state index contributed by atoms with van der Waals surface area (Å²) in [7, 11) is 1.63. The summed E-state index contributed by atoms with van der Waals surface area (Å²) < 4.78 is 5.11. The zero-order valence-corrected chi connectivity index (χ0v) is 9.85. The van der Waals surface area contributed by atoms with Crippen LogP contribution in [0.15, 0.2) is 24.3 Å². The fourth-order valence-corrected chi connectivity index (χ4v) is 2.09. The zero-order chi connectivity index (χ0) is 12.3. The number of amides is 2. The molecule has 0 spiro atoms. The minimum Gasteiger partial charge on any atom is -0.497 e. The first-order valence-electron chi connectivity index (χ1n) is 5.63. The van der Waals surface area contributed by atoms with Crippen LogP contribution in [0.4, 0.5) is 4.79 Å². The molecule has 1 saturated heterocycles. The van der Waals surface area contributed by atoms with Crippen molar-refractivity contribution in [3.8, 4) is 5.75 Å². The van der Waals surface area contributed by atoms with Crippen LogP contribution in [0.1, 0.15) is 11.6 Å². The molecule has 1 aromatic carbocycles. The van der Waals surface area contributed by atoms with E-state index >= 15 is 0 Å². The molecule has 2 rings (SSSR count). The smallest absolute Gasteiger partial charge is 0.315 e. The van der Waals surface area contributed by atoms with Gasteiger partial charge in [-0.25, -0.2) is 4.79 Å². The number of ether oxygens (including phenoxy) is 1. The molecule has 92 valence electrons. The van der Waals surface area contributed by atoms with Gasteiger partial charge in [0.05, 0.1) is 13.2 Å². The van der Waals surface area contributed by atoms with Crippen LogP contribution in [0.2, 0.25) is 0 Å². The Morgan fingerprint density at radius 3 is 2.76 bits per heavy atom. The van der Waals surface area contributed by atoms with E-state index in [4.69, 9.17) is 10.5 Å². The number of benzene rings is 1. The van der Waals surface area contributed by atoms with Crippen molar-refractivity contribution in [3.63, 3.8) is 0 Å². The lowest BCUT2D eigenvalue weighted by atomic mass is 10.0. The van der Waals surface area contributed by atoms with Gasteiger partial charge in [0, 0.05) is 19.6 Å². The van der Waals surface area contributed by atoms with Crippen molar-refractivity contribution in [3.05, 3.63) is 29.8 Å². The minimum atomic E-state index is -0.368. The normalized spacial score (nSPS) is 20.1. The van der Waals surface area contributed by atoms with Crippen molar-refractivity contribution in [2.75, 3.05) is 26.7 Å². The number of hydrogen-bond donors (Lipinski definition) is 2. The van der Waals surface area contributed by atoms with Crippen molar-refractivity contribution in [1.82, 2.24) is 10.2 Å². The monoisotopic (exact) mass is 235 g/mol. The van der Waals surface area contributed by atoms with E-state index in [0.29, 0.717) is 6.54 Å². The molecule has 1 aliphatic rings. The molecule has 17 heavy (non-hydrogen) atoms. The molecular weight excluding hydrogens is 218 g/mol. The van der Waals surface area contributed by atoms with Crippen LogP contribution >= 0.6 is 0 Å². The van der Waals surface area contributed by atoms with Crippen molar-refractivity contribution in [2.45, 2.75) is 6.04 Å². The van der Waals surface area contributed by atoms with Crippen LogP contribution in [0, 0.1) is 0 Å². The minimum absolute atomic E-state index is 0.00663. The molecule has 0 radical (unpaired) electrons. The number of piperazine rings is 1. The van der Waals surface area contributed by atoms with Crippen LogP contribution in [-0.2, 0) is 0 Å². The number of methoxy groups -OCH3 is 1. The summed E-state index contributed by atoms with van der Waals surface area (Å²) in [6.45, 7) is 2.16. The maximum absolute atomic E-state index is 11.4. The molecule has 0 aromatic heterocycles. The van der Waals surface area contributed by atoms with Gasteiger partial charge in [-0.3, -0.25) is 0 Å². The number of nitrogens with one attached hydrogen (secondary N) is 1. The van der Waals surface area contributed by atoms with E-state index < -0.39 is 0 Å². The second-order valence-electron chi connectivity index (χ2n) is 4.02. The van der Waals surface area contributed by atoms with Gasteiger partial charge in [-0.15, -0.1) is 0 Å². The summed E-state index contributed by atoms with van der Waals surface area (Å²) in [5.74, 6) is 0.808. The second-order valence-corrected chi connectivity index (χ2v) is 4.02. The molecule has 0 aliphatic carbocycles. The molecule has 1 unspecified atom stereocenters. The van der Waals surface area contributed by atoms with Crippen LogP contribution in [-0.4, -0.2) is 37.7 Å². The summed E-state index contributed by atoms with van der Waals surface area (Å²) in [6.07, 6.45) is 0. The Kier molecular flexibility index (Phi) is 3.49. The highest BCUT2D eigenvalue weighted by Gasteiger charge is 2.26. The van der Waals surface area contributed by atoms with Crippen molar-refractivity contribution in [2.24, 2.45) is 5.73 Å². The lowest BCUT2D eigenvalue weighted by Crippen LogP contribution is -2.50. The Morgan fingerprint density at radius 2 is 2.18 bits per heavy atom. The van der Waals surface area contributed by atoms with Crippen LogP contribution in [0.25, 0.3) is 0 Å². The Balaban J connectivity index is 2.20. The number of carbonyl (C=O) groups excluding carboxylic acids is 1. The fraction of sp³-hybridized carbons (Fsp3) is 0.417. The van der Waals surface area contributed by atoms with Gasteiger partial charge in [0.25, 0.3) is 0 Å².